The quantitative estimate of drug-likeness (QED) is 0.133. The van der Waals surface area contributed by atoms with Gasteiger partial charge >= 0.3 is 0 Å². The lowest BCUT2D eigenvalue weighted by Crippen LogP contribution is -2.36. The number of amides is 1. The average molecular weight is 690 g/mol. The van der Waals surface area contributed by atoms with E-state index in [1.807, 2.05) is 49.4 Å². The lowest BCUT2D eigenvalue weighted by atomic mass is 10.00. The van der Waals surface area contributed by atoms with Crippen LogP contribution in [0.3, 0.4) is 0 Å². The Kier molecular flexibility index (Phi) is 12.4. The van der Waals surface area contributed by atoms with Crippen LogP contribution in [0.2, 0.25) is 0 Å². The Morgan fingerprint density at radius 2 is 1.73 bits per heavy atom. The molecule has 0 spiro atoms. The molecule has 2 aliphatic rings. The fourth-order valence-electron chi connectivity index (χ4n) is 6.84. The molecule has 1 atom stereocenters. The number of carbonyl (C=O) groups is 1. The van der Waals surface area contributed by atoms with E-state index < -0.39 is 0 Å². The first kappa shape index (κ1) is 36.2. The Bertz CT molecular complexity index is 1770. The third kappa shape index (κ3) is 9.58. The number of nitrogens with one attached hydrogen (secondary N) is 1. The summed E-state index contributed by atoms with van der Waals surface area (Å²) in [6.45, 7) is 8.53. The van der Waals surface area contributed by atoms with Gasteiger partial charge in [0.2, 0.25) is 0 Å². The van der Waals surface area contributed by atoms with Crippen LogP contribution >= 0.6 is 0 Å². The van der Waals surface area contributed by atoms with E-state index in [9.17, 15) is 4.79 Å². The van der Waals surface area contributed by atoms with Crippen molar-refractivity contribution in [2.75, 3.05) is 50.7 Å². The van der Waals surface area contributed by atoms with Crippen LogP contribution in [0.25, 0.3) is 17.2 Å². The van der Waals surface area contributed by atoms with Crippen molar-refractivity contribution in [1.29, 1.82) is 0 Å². The maximum Gasteiger partial charge on any atom is 0.251 e. The zero-order valence-electron chi connectivity index (χ0n) is 30.4. The molecule has 0 radical (unpaired) electrons. The Morgan fingerprint density at radius 3 is 2.47 bits per heavy atom. The van der Waals surface area contributed by atoms with Gasteiger partial charge in [-0.2, -0.15) is 0 Å². The van der Waals surface area contributed by atoms with Gasteiger partial charge in [0.1, 0.15) is 11.5 Å². The lowest BCUT2D eigenvalue weighted by molar-refractivity contribution is -0.112. The minimum Gasteiger partial charge on any atom is -0.496 e. The second-order valence-corrected chi connectivity index (χ2v) is 13.4. The summed E-state index contributed by atoms with van der Waals surface area (Å²) in [6, 6.07) is 31.5. The van der Waals surface area contributed by atoms with Crippen LogP contribution in [-0.2, 0) is 27.4 Å². The summed E-state index contributed by atoms with van der Waals surface area (Å²) < 4.78 is 22.8. The fourth-order valence-corrected chi connectivity index (χ4v) is 6.84. The first-order chi connectivity index (χ1) is 24.9. The normalized spacial score (nSPS) is 15.5. The highest BCUT2D eigenvalue weighted by atomic mass is 16.7. The summed E-state index contributed by atoms with van der Waals surface area (Å²) in [6.07, 6.45) is 5.42. The molecule has 268 valence electrons. The Morgan fingerprint density at radius 1 is 0.980 bits per heavy atom. The molecule has 0 saturated carbocycles. The number of hydrogen-bond donors (Lipinski definition) is 1. The van der Waals surface area contributed by atoms with Gasteiger partial charge in [-0.05, 0) is 110 Å². The van der Waals surface area contributed by atoms with Gasteiger partial charge in [-0.1, -0.05) is 55.5 Å². The maximum absolute atomic E-state index is 13.8. The van der Waals surface area contributed by atoms with Gasteiger partial charge in [0.15, 0.2) is 6.29 Å². The predicted octanol–water partition coefficient (Wildman–Crippen LogP) is 8.56. The smallest absolute Gasteiger partial charge is 0.251 e. The van der Waals surface area contributed by atoms with E-state index in [4.69, 9.17) is 18.9 Å². The Balaban J connectivity index is 1.21. The second-order valence-electron chi connectivity index (χ2n) is 13.4. The van der Waals surface area contributed by atoms with Crippen LogP contribution in [0.15, 0.2) is 96.6 Å². The van der Waals surface area contributed by atoms with E-state index in [1.54, 1.807) is 7.11 Å². The molecule has 1 N–H and O–H groups in total. The number of carbonyl (C=O) groups excluding carboxylic acids is 1. The minimum atomic E-state index is -0.311. The second kappa shape index (κ2) is 17.5. The third-order valence-corrected chi connectivity index (χ3v) is 9.70. The molecule has 6 rings (SSSR count). The molecule has 4 aromatic rings. The molecule has 51 heavy (non-hydrogen) atoms. The lowest BCUT2D eigenvalue weighted by Gasteiger charge is -2.31. The summed E-state index contributed by atoms with van der Waals surface area (Å²) in [7, 11) is 3.89. The first-order valence-corrected chi connectivity index (χ1v) is 18.2. The van der Waals surface area contributed by atoms with E-state index in [2.05, 4.69) is 83.7 Å². The SMILES string of the molecule is CCCOC(C)Oc1ccc(-c2ccc3c(c2)C=C(C(=O)Nc2ccc(CN(C)C4CCOCC4)cc2)CCN3Cc2ccccc2OC)cc1. The maximum atomic E-state index is 13.8. The summed E-state index contributed by atoms with van der Waals surface area (Å²) in [5, 5.41) is 3.18. The topological polar surface area (TPSA) is 72.5 Å². The average Bonchev–Trinajstić information content (AvgIpc) is 3.34. The highest BCUT2D eigenvalue weighted by Gasteiger charge is 2.22. The van der Waals surface area contributed by atoms with Crippen molar-refractivity contribution in [2.45, 2.75) is 65.0 Å². The van der Waals surface area contributed by atoms with Gasteiger partial charge in [-0.25, -0.2) is 0 Å². The Labute approximate surface area is 303 Å². The van der Waals surface area contributed by atoms with Crippen LogP contribution in [-0.4, -0.2) is 63.7 Å². The number of rotatable bonds is 14. The van der Waals surface area contributed by atoms with Crippen molar-refractivity contribution in [2.24, 2.45) is 0 Å². The zero-order chi connectivity index (χ0) is 35.6. The molecule has 4 aromatic carbocycles. The van der Waals surface area contributed by atoms with E-state index >= 15 is 0 Å². The summed E-state index contributed by atoms with van der Waals surface area (Å²) in [5.74, 6) is 1.53. The Hall–Kier alpha value is -4.63. The summed E-state index contributed by atoms with van der Waals surface area (Å²) >= 11 is 0. The highest BCUT2D eigenvalue weighted by Crippen LogP contribution is 2.35. The minimum absolute atomic E-state index is 0.0847. The number of anilines is 2. The number of benzene rings is 4. The predicted molar refractivity (Wildman–Crippen MR) is 205 cm³/mol. The zero-order valence-corrected chi connectivity index (χ0v) is 30.4. The van der Waals surface area contributed by atoms with Crippen LogP contribution in [0.4, 0.5) is 11.4 Å². The van der Waals surface area contributed by atoms with Crippen LogP contribution in [0, 0.1) is 0 Å². The number of fused-ring (bicyclic) bond motifs is 1. The number of hydrogen-bond acceptors (Lipinski definition) is 7. The standard InChI is InChI=1S/C43H51N3O5/c1-5-24-50-31(2)51-40-17-12-33(13-18-40)34-14-19-41-37(27-34)28-35(20-23-46(41)30-36-8-6-7-9-42(36)48-4)43(47)44-38-15-10-32(11-16-38)29-45(3)39-21-25-49-26-22-39/h6-19,27-28,31,39H,5,20-26,29-30H2,1-4H3,(H,44,47). The first-order valence-electron chi connectivity index (χ1n) is 18.2. The molecule has 1 saturated heterocycles. The van der Waals surface area contributed by atoms with Crippen molar-refractivity contribution in [3.63, 3.8) is 0 Å². The van der Waals surface area contributed by atoms with E-state index in [0.717, 1.165) is 89.7 Å². The fraction of sp³-hybridized carbons (Fsp3) is 0.372. The molecule has 1 amide bonds. The molecule has 8 heteroatoms. The van der Waals surface area contributed by atoms with Gasteiger partial charge in [-0.3, -0.25) is 9.69 Å². The molecule has 0 aromatic heterocycles. The van der Waals surface area contributed by atoms with Crippen LogP contribution < -0.4 is 19.7 Å². The van der Waals surface area contributed by atoms with E-state index in [-0.39, 0.29) is 12.2 Å². The highest BCUT2D eigenvalue weighted by molar-refractivity contribution is 6.07. The number of methoxy groups -OCH3 is 1. The van der Waals surface area contributed by atoms with Crippen molar-refractivity contribution >= 4 is 23.4 Å². The van der Waals surface area contributed by atoms with Crippen molar-refractivity contribution in [3.8, 4) is 22.6 Å². The molecule has 1 unspecified atom stereocenters. The molecule has 2 heterocycles. The molecule has 8 nitrogen and oxygen atoms in total. The number of nitrogens with zero attached hydrogens (tertiary/aromatic N) is 2. The van der Waals surface area contributed by atoms with Gasteiger partial charge in [-0.15, -0.1) is 0 Å². The van der Waals surface area contributed by atoms with Gasteiger partial charge in [0.05, 0.1) is 13.7 Å². The van der Waals surface area contributed by atoms with Crippen molar-refractivity contribution in [1.82, 2.24) is 4.90 Å². The number of para-hydroxylation sites is 1. The largest absolute Gasteiger partial charge is 0.496 e. The van der Waals surface area contributed by atoms with Crippen molar-refractivity contribution < 1.29 is 23.7 Å². The molecular formula is C43H51N3O5. The van der Waals surface area contributed by atoms with Crippen molar-refractivity contribution in [3.05, 3.63) is 113 Å². The molecule has 2 aliphatic heterocycles. The molecule has 1 fully saturated rings. The third-order valence-electron chi connectivity index (χ3n) is 9.70. The van der Waals surface area contributed by atoms with Crippen LogP contribution in [0.5, 0.6) is 11.5 Å². The monoisotopic (exact) mass is 689 g/mol. The van der Waals surface area contributed by atoms with E-state index in [0.29, 0.717) is 32.2 Å². The van der Waals surface area contributed by atoms with Gasteiger partial charge in [0, 0.05) is 61.4 Å². The summed E-state index contributed by atoms with van der Waals surface area (Å²) in [5.41, 5.74) is 8.05. The molecular weight excluding hydrogens is 638 g/mol. The van der Waals surface area contributed by atoms with E-state index in [1.165, 1.54) is 5.56 Å². The molecule has 0 aliphatic carbocycles. The summed E-state index contributed by atoms with van der Waals surface area (Å²) in [4.78, 5) is 18.6. The molecule has 0 bridgehead atoms. The van der Waals surface area contributed by atoms with Gasteiger partial charge < -0.3 is 29.2 Å². The number of ether oxygens (including phenoxy) is 4. The van der Waals surface area contributed by atoms with Crippen LogP contribution in [0.1, 0.15) is 56.2 Å². The van der Waals surface area contributed by atoms with Gasteiger partial charge in [0.25, 0.3) is 5.91 Å².